The molecule has 0 aliphatic rings. The second kappa shape index (κ2) is 4.11. The van der Waals surface area contributed by atoms with Gasteiger partial charge in [0.15, 0.2) is 0 Å². The van der Waals surface area contributed by atoms with Crippen molar-refractivity contribution in [2.24, 2.45) is 17.6 Å². The summed E-state index contributed by atoms with van der Waals surface area (Å²) in [5.41, 5.74) is 6.87. The topological polar surface area (TPSA) is 65.6 Å². The number of nitriles is 1. The summed E-state index contributed by atoms with van der Waals surface area (Å²) in [5, 5.41) is 8.92. The molecule has 0 fully saturated rings. The highest BCUT2D eigenvalue weighted by Gasteiger charge is 2.22. The smallest absolute Gasteiger partial charge is 0.0693 e. The average Bonchev–Trinajstić information content (AvgIpc) is 2.56. The van der Waals surface area contributed by atoms with E-state index < -0.39 is 0 Å². The maximum absolute atomic E-state index is 8.92. The van der Waals surface area contributed by atoms with E-state index in [1.165, 1.54) is 0 Å². The van der Waals surface area contributed by atoms with Crippen LogP contribution in [0, 0.1) is 23.2 Å². The van der Waals surface area contributed by atoms with E-state index in [-0.39, 0.29) is 17.9 Å². The Kier molecular flexibility index (Phi) is 3.10. The molecule has 0 saturated carbocycles. The predicted molar refractivity (Wildman–Crippen MR) is 51.7 cm³/mol. The molecule has 3 N–H and O–H groups in total. The first-order valence-corrected chi connectivity index (χ1v) is 4.45. The van der Waals surface area contributed by atoms with Gasteiger partial charge in [0.1, 0.15) is 0 Å². The third-order valence-electron chi connectivity index (χ3n) is 2.24. The molecule has 0 radical (unpaired) electrons. The molecule has 1 aromatic rings. The van der Waals surface area contributed by atoms with Crippen LogP contribution in [0.4, 0.5) is 0 Å². The molecule has 1 rings (SSSR count). The van der Waals surface area contributed by atoms with E-state index in [1.807, 2.05) is 32.2 Å². The van der Waals surface area contributed by atoms with Crippen LogP contribution in [0.2, 0.25) is 0 Å². The summed E-state index contributed by atoms with van der Waals surface area (Å²) in [7, 11) is 0. The van der Waals surface area contributed by atoms with E-state index in [9.17, 15) is 0 Å². The lowest BCUT2D eigenvalue weighted by molar-refractivity contribution is 0.399. The molecule has 3 nitrogen and oxygen atoms in total. The molecule has 2 unspecified atom stereocenters. The SMILES string of the molecule is CC(C)C(C#N)C(N)c1ccc[nH]1. The Hall–Kier alpha value is -1.27. The monoisotopic (exact) mass is 177 g/mol. The molecule has 0 aliphatic heterocycles. The van der Waals surface area contributed by atoms with Crippen molar-refractivity contribution in [2.45, 2.75) is 19.9 Å². The van der Waals surface area contributed by atoms with Crippen LogP contribution in [0.15, 0.2) is 18.3 Å². The highest BCUT2D eigenvalue weighted by Crippen LogP contribution is 2.23. The summed E-state index contributed by atoms with van der Waals surface area (Å²) in [6, 6.07) is 5.84. The Morgan fingerprint density at radius 1 is 1.54 bits per heavy atom. The number of nitrogens with one attached hydrogen (secondary N) is 1. The zero-order valence-corrected chi connectivity index (χ0v) is 7.99. The van der Waals surface area contributed by atoms with E-state index in [4.69, 9.17) is 11.0 Å². The van der Waals surface area contributed by atoms with Gasteiger partial charge in [0, 0.05) is 11.9 Å². The van der Waals surface area contributed by atoms with Crippen LogP contribution in [0.25, 0.3) is 0 Å². The van der Waals surface area contributed by atoms with Crippen LogP contribution in [0.3, 0.4) is 0 Å². The fraction of sp³-hybridized carbons (Fsp3) is 0.500. The molecule has 0 bridgehead atoms. The number of hydrogen-bond acceptors (Lipinski definition) is 2. The zero-order valence-electron chi connectivity index (χ0n) is 7.99. The van der Waals surface area contributed by atoms with Crippen molar-refractivity contribution in [3.05, 3.63) is 24.0 Å². The summed E-state index contributed by atoms with van der Waals surface area (Å²) < 4.78 is 0. The number of aromatic nitrogens is 1. The first-order chi connectivity index (χ1) is 6.16. The Bertz CT molecular complexity index is 282. The van der Waals surface area contributed by atoms with Gasteiger partial charge in [0.2, 0.25) is 0 Å². The molecular formula is C10H15N3. The number of hydrogen-bond donors (Lipinski definition) is 2. The third kappa shape index (κ3) is 2.10. The van der Waals surface area contributed by atoms with Gasteiger partial charge in [-0.15, -0.1) is 0 Å². The van der Waals surface area contributed by atoms with Crippen LogP contribution in [0.5, 0.6) is 0 Å². The lowest BCUT2D eigenvalue weighted by Crippen LogP contribution is -2.24. The maximum atomic E-state index is 8.92. The van der Waals surface area contributed by atoms with Crippen molar-refractivity contribution in [1.29, 1.82) is 5.26 Å². The average molecular weight is 177 g/mol. The summed E-state index contributed by atoms with van der Waals surface area (Å²) in [4.78, 5) is 3.03. The summed E-state index contributed by atoms with van der Waals surface area (Å²) in [6.45, 7) is 4.02. The second-order valence-electron chi connectivity index (χ2n) is 3.55. The first-order valence-electron chi connectivity index (χ1n) is 4.45. The van der Waals surface area contributed by atoms with Crippen LogP contribution < -0.4 is 5.73 Å². The lowest BCUT2D eigenvalue weighted by atomic mass is 9.89. The molecule has 3 heteroatoms. The second-order valence-corrected chi connectivity index (χ2v) is 3.55. The van der Waals surface area contributed by atoms with Crippen molar-refractivity contribution in [1.82, 2.24) is 4.98 Å². The van der Waals surface area contributed by atoms with Crippen molar-refractivity contribution in [3.63, 3.8) is 0 Å². The van der Waals surface area contributed by atoms with Crippen LogP contribution in [-0.2, 0) is 0 Å². The van der Waals surface area contributed by atoms with Gasteiger partial charge in [-0.05, 0) is 18.1 Å². The number of H-pyrrole nitrogens is 1. The molecule has 13 heavy (non-hydrogen) atoms. The van der Waals surface area contributed by atoms with Gasteiger partial charge in [0.05, 0.1) is 18.0 Å². The molecule has 70 valence electrons. The molecular weight excluding hydrogens is 162 g/mol. The minimum Gasteiger partial charge on any atom is -0.364 e. The van der Waals surface area contributed by atoms with Gasteiger partial charge < -0.3 is 10.7 Å². The molecule has 1 aromatic heterocycles. The first kappa shape index (κ1) is 9.82. The van der Waals surface area contributed by atoms with Gasteiger partial charge >= 0.3 is 0 Å². The Morgan fingerprint density at radius 2 is 2.23 bits per heavy atom. The van der Waals surface area contributed by atoms with Gasteiger partial charge in [-0.1, -0.05) is 13.8 Å². The normalized spacial score (nSPS) is 15.3. The minimum atomic E-state index is -0.208. The van der Waals surface area contributed by atoms with Crippen LogP contribution in [-0.4, -0.2) is 4.98 Å². The van der Waals surface area contributed by atoms with E-state index in [2.05, 4.69) is 11.1 Å². The van der Waals surface area contributed by atoms with Crippen LogP contribution >= 0.6 is 0 Å². The highest BCUT2D eigenvalue weighted by molar-refractivity contribution is 5.12. The number of aromatic amines is 1. The van der Waals surface area contributed by atoms with E-state index >= 15 is 0 Å². The van der Waals surface area contributed by atoms with Gasteiger partial charge in [-0.2, -0.15) is 5.26 Å². The van der Waals surface area contributed by atoms with Gasteiger partial charge in [0.25, 0.3) is 0 Å². The van der Waals surface area contributed by atoms with Crippen molar-refractivity contribution in [2.75, 3.05) is 0 Å². The zero-order chi connectivity index (χ0) is 9.84. The van der Waals surface area contributed by atoms with Crippen molar-refractivity contribution >= 4 is 0 Å². The minimum absolute atomic E-state index is 0.126. The van der Waals surface area contributed by atoms with Crippen molar-refractivity contribution in [3.8, 4) is 6.07 Å². The van der Waals surface area contributed by atoms with Crippen LogP contribution in [0.1, 0.15) is 25.6 Å². The number of nitrogens with two attached hydrogens (primary N) is 1. The van der Waals surface area contributed by atoms with E-state index in [1.54, 1.807) is 0 Å². The molecule has 1 heterocycles. The maximum Gasteiger partial charge on any atom is 0.0693 e. The van der Waals surface area contributed by atoms with E-state index in [0.29, 0.717) is 0 Å². The fourth-order valence-corrected chi connectivity index (χ4v) is 1.39. The van der Waals surface area contributed by atoms with E-state index in [0.717, 1.165) is 5.69 Å². The largest absolute Gasteiger partial charge is 0.364 e. The Morgan fingerprint density at radius 3 is 2.62 bits per heavy atom. The number of rotatable bonds is 3. The van der Waals surface area contributed by atoms with Gasteiger partial charge in [-0.3, -0.25) is 0 Å². The standard InChI is InChI=1S/C10H15N3/c1-7(2)8(6-11)10(12)9-4-3-5-13-9/h3-5,7-8,10,13H,12H2,1-2H3. The predicted octanol–water partition coefficient (Wildman–Crippen LogP) is 1.81. The molecule has 0 amide bonds. The quantitative estimate of drug-likeness (QED) is 0.739. The molecule has 0 spiro atoms. The van der Waals surface area contributed by atoms with Gasteiger partial charge in [-0.25, -0.2) is 0 Å². The molecule has 0 saturated heterocycles. The fourth-order valence-electron chi connectivity index (χ4n) is 1.39. The Labute approximate surface area is 78.6 Å². The summed E-state index contributed by atoms with van der Waals surface area (Å²) in [5.74, 6) is 0.155. The summed E-state index contributed by atoms with van der Waals surface area (Å²) in [6.07, 6.45) is 1.82. The lowest BCUT2D eigenvalue weighted by Gasteiger charge is -2.19. The molecule has 0 aromatic carbocycles. The molecule has 0 aliphatic carbocycles. The van der Waals surface area contributed by atoms with Crippen molar-refractivity contribution < 1.29 is 0 Å². The number of nitrogens with zero attached hydrogens (tertiary/aromatic N) is 1. The third-order valence-corrected chi connectivity index (χ3v) is 2.24. The Balaban J connectivity index is 2.78. The summed E-state index contributed by atoms with van der Waals surface area (Å²) >= 11 is 0. The highest BCUT2D eigenvalue weighted by atomic mass is 14.8. The molecule has 2 atom stereocenters.